The highest BCUT2D eigenvalue weighted by molar-refractivity contribution is 6.01. The van der Waals surface area contributed by atoms with E-state index in [4.69, 9.17) is 14.0 Å². The monoisotopic (exact) mass is 379 g/mol. The maximum Gasteiger partial charge on any atom is 0.257 e. The van der Waals surface area contributed by atoms with Crippen molar-refractivity contribution in [2.24, 2.45) is 0 Å². The van der Waals surface area contributed by atoms with E-state index in [0.29, 0.717) is 42.5 Å². The lowest BCUT2D eigenvalue weighted by Gasteiger charge is -2.32. The van der Waals surface area contributed by atoms with Gasteiger partial charge in [-0.05, 0) is 13.0 Å². The quantitative estimate of drug-likeness (QED) is 0.733. The van der Waals surface area contributed by atoms with Crippen molar-refractivity contribution in [1.29, 1.82) is 0 Å². The van der Waals surface area contributed by atoms with Crippen LogP contribution in [0.2, 0.25) is 0 Å². The van der Waals surface area contributed by atoms with Crippen LogP contribution in [0.25, 0.3) is 11.3 Å². The van der Waals surface area contributed by atoms with Gasteiger partial charge in [-0.15, -0.1) is 0 Å². The highest BCUT2D eigenvalue weighted by Gasteiger charge is 2.31. The minimum Gasteiger partial charge on any atom is -0.472 e. The van der Waals surface area contributed by atoms with Crippen LogP contribution in [0.4, 0.5) is 0 Å². The molecule has 1 N–H and O–H groups in total. The second-order valence-electron chi connectivity index (χ2n) is 6.60. The zero-order chi connectivity index (χ0) is 19.3. The van der Waals surface area contributed by atoms with E-state index >= 15 is 0 Å². The number of amides is 1. The fourth-order valence-corrected chi connectivity index (χ4v) is 3.24. The lowest BCUT2D eigenvalue weighted by molar-refractivity contribution is -0.00450. The van der Waals surface area contributed by atoms with E-state index in [9.17, 15) is 4.79 Å². The van der Waals surface area contributed by atoms with Crippen molar-refractivity contribution in [3.8, 4) is 17.1 Å². The Labute approximate surface area is 162 Å². The van der Waals surface area contributed by atoms with Gasteiger partial charge in [-0.2, -0.15) is 0 Å². The van der Waals surface area contributed by atoms with Crippen LogP contribution < -0.4 is 10.1 Å². The van der Waals surface area contributed by atoms with E-state index in [-0.39, 0.29) is 18.1 Å². The average Bonchev–Trinajstić information content (AvgIpc) is 3.12. The summed E-state index contributed by atoms with van der Waals surface area (Å²) in [6.07, 6.45) is 2.11. The van der Waals surface area contributed by atoms with Gasteiger partial charge < -0.3 is 19.3 Å². The van der Waals surface area contributed by atoms with Gasteiger partial charge in [-0.25, -0.2) is 4.98 Å². The molecular formula is C21H21N3O4. The molecule has 7 heteroatoms. The number of ether oxygens (including phenoxy) is 2. The molecule has 3 heterocycles. The molecule has 0 spiro atoms. The van der Waals surface area contributed by atoms with Crippen molar-refractivity contribution in [2.75, 3.05) is 13.2 Å². The average molecular weight is 379 g/mol. The van der Waals surface area contributed by atoms with Gasteiger partial charge in [0.2, 0.25) is 5.88 Å². The highest BCUT2D eigenvalue weighted by atomic mass is 16.5. The predicted octanol–water partition coefficient (Wildman–Crippen LogP) is 3.01. The molecule has 2 aromatic heterocycles. The summed E-state index contributed by atoms with van der Waals surface area (Å²) < 4.78 is 16.8. The number of hydrogen-bond donors (Lipinski definition) is 1. The fraction of sp³-hybridized carbons (Fsp3) is 0.286. The lowest BCUT2D eigenvalue weighted by Crippen LogP contribution is -2.52. The van der Waals surface area contributed by atoms with E-state index in [1.54, 1.807) is 19.2 Å². The van der Waals surface area contributed by atoms with E-state index in [2.05, 4.69) is 15.5 Å². The van der Waals surface area contributed by atoms with Gasteiger partial charge in [0.1, 0.15) is 23.1 Å². The Morgan fingerprint density at radius 2 is 2.00 bits per heavy atom. The van der Waals surface area contributed by atoms with Crippen LogP contribution in [0.5, 0.6) is 5.88 Å². The van der Waals surface area contributed by atoms with Crippen LogP contribution >= 0.6 is 0 Å². The van der Waals surface area contributed by atoms with Gasteiger partial charge in [0.15, 0.2) is 0 Å². The SMILES string of the molecule is Cc1onc(-c2ccccc2)c1C(=O)NC1COCCC1Oc1ccccn1. The van der Waals surface area contributed by atoms with Crippen molar-refractivity contribution in [3.05, 3.63) is 66.1 Å². The number of hydrogen-bond acceptors (Lipinski definition) is 6. The normalized spacial score (nSPS) is 19.2. The first-order valence-electron chi connectivity index (χ1n) is 9.20. The number of carbonyl (C=O) groups excluding carboxylic acids is 1. The van der Waals surface area contributed by atoms with Gasteiger partial charge in [0.05, 0.1) is 19.3 Å². The number of nitrogens with one attached hydrogen (secondary N) is 1. The fourth-order valence-electron chi connectivity index (χ4n) is 3.24. The summed E-state index contributed by atoms with van der Waals surface area (Å²) in [7, 11) is 0. The number of carbonyl (C=O) groups is 1. The molecule has 2 atom stereocenters. The molecule has 144 valence electrons. The molecule has 4 rings (SSSR count). The molecule has 1 aliphatic heterocycles. The van der Waals surface area contributed by atoms with Gasteiger partial charge in [0.25, 0.3) is 5.91 Å². The Hall–Kier alpha value is -3.19. The van der Waals surface area contributed by atoms with E-state index in [1.807, 2.05) is 42.5 Å². The number of pyridine rings is 1. The van der Waals surface area contributed by atoms with Gasteiger partial charge in [0, 0.05) is 24.2 Å². The standard InChI is InChI=1S/C21H21N3O4/c1-14-19(20(24-28-14)15-7-3-2-4-8-15)21(25)23-16-13-26-12-10-17(16)27-18-9-5-6-11-22-18/h2-9,11,16-17H,10,12-13H2,1H3,(H,23,25). The molecule has 1 amide bonds. The summed E-state index contributed by atoms with van der Waals surface area (Å²) in [6, 6.07) is 14.7. The number of nitrogens with zero attached hydrogens (tertiary/aromatic N) is 2. The second-order valence-corrected chi connectivity index (χ2v) is 6.60. The van der Waals surface area contributed by atoms with Crippen LogP contribution in [-0.2, 0) is 4.74 Å². The van der Waals surface area contributed by atoms with Crippen LogP contribution in [0.1, 0.15) is 22.5 Å². The minimum atomic E-state index is -0.304. The van der Waals surface area contributed by atoms with Crippen LogP contribution in [-0.4, -0.2) is 41.4 Å². The molecule has 2 unspecified atom stereocenters. The molecule has 0 saturated carbocycles. The van der Waals surface area contributed by atoms with Crippen LogP contribution in [0, 0.1) is 6.92 Å². The first-order chi connectivity index (χ1) is 13.7. The molecule has 1 aromatic carbocycles. The molecule has 1 fully saturated rings. The maximum atomic E-state index is 13.0. The van der Waals surface area contributed by atoms with Crippen molar-refractivity contribution < 1.29 is 18.8 Å². The zero-order valence-electron chi connectivity index (χ0n) is 15.5. The number of rotatable bonds is 5. The van der Waals surface area contributed by atoms with Gasteiger partial charge in [-0.1, -0.05) is 41.6 Å². The molecule has 0 radical (unpaired) electrons. The third kappa shape index (κ3) is 3.89. The lowest BCUT2D eigenvalue weighted by atomic mass is 10.0. The third-order valence-electron chi connectivity index (χ3n) is 4.66. The third-order valence-corrected chi connectivity index (χ3v) is 4.66. The number of benzene rings is 1. The van der Waals surface area contributed by atoms with Crippen molar-refractivity contribution in [3.63, 3.8) is 0 Å². The van der Waals surface area contributed by atoms with Gasteiger partial charge in [-0.3, -0.25) is 4.79 Å². The predicted molar refractivity (Wildman–Crippen MR) is 102 cm³/mol. The largest absolute Gasteiger partial charge is 0.472 e. The summed E-state index contributed by atoms with van der Waals surface area (Å²) in [6.45, 7) is 2.67. The zero-order valence-corrected chi connectivity index (χ0v) is 15.5. The minimum absolute atomic E-state index is 0.229. The smallest absolute Gasteiger partial charge is 0.257 e. The Morgan fingerprint density at radius 1 is 1.18 bits per heavy atom. The number of aromatic nitrogens is 2. The highest BCUT2D eigenvalue weighted by Crippen LogP contribution is 2.25. The Balaban J connectivity index is 1.53. The molecule has 0 aliphatic carbocycles. The second kappa shape index (κ2) is 8.22. The van der Waals surface area contributed by atoms with Crippen molar-refractivity contribution >= 4 is 5.91 Å². The molecule has 28 heavy (non-hydrogen) atoms. The van der Waals surface area contributed by atoms with Crippen LogP contribution in [0.15, 0.2) is 59.3 Å². The Kier molecular flexibility index (Phi) is 5.34. The Bertz CT molecular complexity index is 927. The van der Waals surface area contributed by atoms with Crippen LogP contribution in [0.3, 0.4) is 0 Å². The summed E-state index contributed by atoms with van der Waals surface area (Å²) in [5.41, 5.74) is 1.77. The van der Waals surface area contributed by atoms with Crippen molar-refractivity contribution in [1.82, 2.24) is 15.5 Å². The topological polar surface area (TPSA) is 86.5 Å². The molecule has 0 bridgehead atoms. The summed E-state index contributed by atoms with van der Waals surface area (Å²) in [5.74, 6) is 0.734. The molecule has 3 aromatic rings. The first-order valence-corrected chi connectivity index (χ1v) is 9.20. The van der Waals surface area contributed by atoms with E-state index < -0.39 is 0 Å². The molecule has 7 nitrogen and oxygen atoms in total. The van der Waals surface area contributed by atoms with Gasteiger partial charge >= 0.3 is 0 Å². The molecule has 1 aliphatic rings. The first kappa shape index (κ1) is 18.2. The molecule has 1 saturated heterocycles. The summed E-state index contributed by atoms with van der Waals surface area (Å²) >= 11 is 0. The Morgan fingerprint density at radius 3 is 2.79 bits per heavy atom. The maximum absolute atomic E-state index is 13.0. The summed E-state index contributed by atoms with van der Waals surface area (Å²) in [4.78, 5) is 17.3. The summed E-state index contributed by atoms with van der Waals surface area (Å²) in [5, 5.41) is 7.10. The van der Waals surface area contributed by atoms with E-state index in [0.717, 1.165) is 5.56 Å². The molecular weight excluding hydrogens is 358 g/mol. The number of aryl methyl sites for hydroxylation is 1. The van der Waals surface area contributed by atoms with E-state index in [1.165, 1.54) is 0 Å². The van der Waals surface area contributed by atoms with Crippen molar-refractivity contribution in [2.45, 2.75) is 25.5 Å².